The Kier molecular flexibility index (Phi) is 4.77. The number of anilines is 1. The third-order valence-corrected chi connectivity index (χ3v) is 4.32. The van der Waals surface area contributed by atoms with Crippen LogP contribution in [0.5, 0.6) is 0 Å². The van der Waals surface area contributed by atoms with Crippen LogP contribution in [-0.2, 0) is 10.5 Å². The van der Waals surface area contributed by atoms with E-state index in [2.05, 4.69) is 15.9 Å². The summed E-state index contributed by atoms with van der Waals surface area (Å²) in [5, 5.41) is 0. The molecule has 1 aromatic heterocycles. The molecule has 0 spiro atoms. The molecule has 1 heterocycles. The molecule has 0 amide bonds. The first kappa shape index (κ1) is 15.0. The maximum atomic E-state index is 11.5. The molecular formula is C14H14BrNO3S. The minimum atomic E-state index is -0.384. The Labute approximate surface area is 129 Å². The zero-order valence-electron chi connectivity index (χ0n) is 11.1. The van der Waals surface area contributed by atoms with Gasteiger partial charge in [0, 0.05) is 15.1 Å². The highest BCUT2D eigenvalue weighted by Gasteiger charge is 2.15. The predicted octanol–water partition coefficient (Wildman–Crippen LogP) is 4.01. The van der Waals surface area contributed by atoms with Gasteiger partial charge in [0.25, 0.3) is 0 Å². The first-order valence-corrected chi connectivity index (χ1v) is 7.64. The van der Waals surface area contributed by atoms with Gasteiger partial charge in [0.05, 0.1) is 12.9 Å². The van der Waals surface area contributed by atoms with Gasteiger partial charge in [-0.2, -0.15) is 0 Å². The largest absolute Gasteiger partial charge is 0.465 e. The highest BCUT2D eigenvalue weighted by Crippen LogP contribution is 2.31. The fourth-order valence-electron chi connectivity index (χ4n) is 1.73. The Morgan fingerprint density at radius 1 is 1.45 bits per heavy atom. The van der Waals surface area contributed by atoms with E-state index in [0.717, 1.165) is 15.1 Å². The number of thioether (sulfide) groups is 1. The van der Waals surface area contributed by atoms with E-state index < -0.39 is 0 Å². The van der Waals surface area contributed by atoms with Crippen molar-refractivity contribution in [3.05, 3.63) is 45.8 Å². The molecule has 2 rings (SSSR count). The number of aryl methyl sites for hydroxylation is 1. The van der Waals surface area contributed by atoms with Gasteiger partial charge in [0.2, 0.25) is 0 Å². The van der Waals surface area contributed by atoms with E-state index in [1.165, 1.54) is 7.11 Å². The van der Waals surface area contributed by atoms with Crippen LogP contribution >= 0.6 is 27.7 Å². The maximum absolute atomic E-state index is 11.5. The van der Waals surface area contributed by atoms with Crippen molar-refractivity contribution in [3.8, 4) is 0 Å². The molecule has 0 bridgehead atoms. The van der Waals surface area contributed by atoms with E-state index in [9.17, 15) is 4.79 Å². The Bertz CT molecular complexity index is 639. The molecule has 1 aromatic carbocycles. The van der Waals surface area contributed by atoms with Gasteiger partial charge in [-0.15, -0.1) is 11.8 Å². The van der Waals surface area contributed by atoms with Crippen LogP contribution in [0, 0.1) is 6.92 Å². The molecule has 20 heavy (non-hydrogen) atoms. The molecule has 0 aliphatic carbocycles. The summed E-state index contributed by atoms with van der Waals surface area (Å²) in [6.07, 6.45) is 0. The van der Waals surface area contributed by atoms with Crippen molar-refractivity contribution >= 4 is 39.3 Å². The Hall–Kier alpha value is -1.40. The van der Waals surface area contributed by atoms with E-state index in [0.29, 0.717) is 22.8 Å². The molecule has 2 N–H and O–H groups in total. The first-order valence-electron chi connectivity index (χ1n) is 5.86. The molecule has 0 saturated carbocycles. The van der Waals surface area contributed by atoms with Crippen molar-refractivity contribution in [1.29, 1.82) is 0 Å². The SMILES string of the molecule is COC(=O)c1cc(CSc2ccc(Br)cc2N)oc1C. The molecule has 0 aliphatic heterocycles. The summed E-state index contributed by atoms with van der Waals surface area (Å²) < 4.78 is 11.2. The molecule has 4 nitrogen and oxygen atoms in total. The van der Waals surface area contributed by atoms with Crippen molar-refractivity contribution < 1.29 is 13.9 Å². The average Bonchev–Trinajstić information content (AvgIpc) is 2.78. The number of methoxy groups -OCH3 is 1. The van der Waals surface area contributed by atoms with E-state index in [-0.39, 0.29) is 5.97 Å². The first-order chi connectivity index (χ1) is 9.51. The molecule has 6 heteroatoms. The summed E-state index contributed by atoms with van der Waals surface area (Å²) in [7, 11) is 1.35. The second kappa shape index (κ2) is 6.37. The van der Waals surface area contributed by atoms with Gasteiger partial charge >= 0.3 is 5.97 Å². The van der Waals surface area contributed by atoms with Gasteiger partial charge in [0.15, 0.2) is 0 Å². The van der Waals surface area contributed by atoms with Crippen molar-refractivity contribution in [2.45, 2.75) is 17.6 Å². The van der Waals surface area contributed by atoms with Gasteiger partial charge in [-0.25, -0.2) is 4.79 Å². The normalized spacial score (nSPS) is 10.6. The van der Waals surface area contributed by atoms with Crippen molar-refractivity contribution in [3.63, 3.8) is 0 Å². The van der Waals surface area contributed by atoms with Crippen LogP contribution in [0.1, 0.15) is 21.9 Å². The molecule has 2 aromatic rings. The van der Waals surface area contributed by atoms with Gasteiger partial charge in [-0.05, 0) is 31.2 Å². The van der Waals surface area contributed by atoms with Crippen LogP contribution in [0.3, 0.4) is 0 Å². The van der Waals surface area contributed by atoms with Crippen LogP contribution in [0.4, 0.5) is 5.69 Å². The van der Waals surface area contributed by atoms with Crippen molar-refractivity contribution in [2.24, 2.45) is 0 Å². The maximum Gasteiger partial charge on any atom is 0.341 e. The lowest BCUT2D eigenvalue weighted by atomic mass is 10.2. The summed E-state index contributed by atoms with van der Waals surface area (Å²) in [5.41, 5.74) is 7.11. The molecule has 0 radical (unpaired) electrons. The standard InChI is InChI=1S/C14H14BrNO3S/c1-8-11(14(17)18-2)6-10(19-8)7-20-13-4-3-9(15)5-12(13)16/h3-6H,7,16H2,1-2H3. The van der Waals surface area contributed by atoms with Gasteiger partial charge in [-0.1, -0.05) is 15.9 Å². The number of hydrogen-bond donors (Lipinski definition) is 1. The van der Waals surface area contributed by atoms with E-state index in [1.807, 2.05) is 18.2 Å². The highest BCUT2D eigenvalue weighted by molar-refractivity contribution is 9.10. The lowest BCUT2D eigenvalue weighted by Crippen LogP contribution is -2.00. The number of furan rings is 1. The van der Waals surface area contributed by atoms with Gasteiger partial charge < -0.3 is 14.9 Å². The highest BCUT2D eigenvalue weighted by atomic mass is 79.9. The van der Waals surface area contributed by atoms with Gasteiger partial charge in [0.1, 0.15) is 17.1 Å². The second-order valence-electron chi connectivity index (χ2n) is 4.14. The Balaban J connectivity index is 2.09. The lowest BCUT2D eigenvalue weighted by molar-refractivity contribution is 0.0599. The smallest absolute Gasteiger partial charge is 0.341 e. The number of esters is 1. The topological polar surface area (TPSA) is 65.5 Å². The molecule has 0 unspecified atom stereocenters. The van der Waals surface area contributed by atoms with E-state index in [4.69, 9.17) is 14.9 Å². The fraction of sp³-hybridized carbons (Fsp3) is 0.214. The Morgan fingerprint density at radius 2 is 2.20 bits per heavy atom. The number of ether oxygens (including phenoxy) is 1. The average molecular weight is 356 g/mol. The van der Waals surface area contributed by atoms with Crippen LogP contribution in [0.2, 0.25) is 0 Å². The molecule has 0 atom stereocenters. The minimum Gasteiger partial charge on any atom is -0.465 e. The van der Waals surface area contributed by atoms with E-state index >= 15 is 0 Å². The lowest BCUT2D eigenvalue weighted by Gasteiger charge is -2.04. The molecule has 0 saturated heterocycles. The zero-order valence-corrected chi connectivity index (χ0v) is 13.5. The number of benzene rings is 1. The summed E-state index contributed by atoms with van der Waals surface area (Å²) in [5.74, 6) is 1.50. The summed E-state index contributed by atoms with van der Waals surface area (Å²) >= 11 is 4.93. The third kappa shape index (κ3) is 3.37. The number of rotatable bonds is 4. The van der Waals surface area contributed by atoms with Crippen molar-refractivity contribution in [1.82, 2.24) is 0 Å². The molecular weight excluding hydrogens is 342 g/mol. The molecule has 0 aliphatic rings. The predicted molar refractivity (Wildman–Crippen MR) is 82.9 cm³/mol. The number of nitrogens with two attached hydrogens (primary N) is 1. The molecule has 106 valence electrons. The van der Waals surface area contributed by atoms with Crippen LogP contribution < -0.4 is 5.73 Å². The Morgan fingerprint density at radius 3 is 2.85 bits per heavy atom. The van der Waals surface area contributed by atoms with Gasteiger partial charge in [-0.3, -0.25) is 0 Å². The number of hydrogen-bond acceptors (Lipinski definition) is 5. The number of carbonyl (C=O) groups excluding carboxylic acids is 1. The number of nitrogen functional groups attached to an aromatic ring is 1. The van der Waals surface area contributed by atoms with Crippen LogP contribution in [0.15, 0.2) is 38.1 Å². The minimum absolute atomic E-state index is 0.384. The van der Waals surface area contributed by atoms with Crippen LogP contribution in [0.25, 0.3) is 0 Å². The third-order valence-electron chi connectivity index (χ3n) is 2.72. The summed E-state index contributed by atoms with van der Waals surface area (Å²) in [6, 6.07) is 7.45. The zero-order chi connectivity index (χ0) is 14.7. The van der Waals surface area contributed by atoms with Crippen LogP contribution in [-0.4, -0.2) is 13.1 Å². The van der Waals surface area contributed by atoms with Crippen molar-refractivity contribution in [2.75, 3.05) is 12.8 Å². The summed E-state index contributed by atoms with van der Waals surface area (Å²) in [6.45, 7) is 1.74. The number of carbonyl (C=O) groups is 1. The van der Waals surface area contributed by atoms with E-state index in [1.54, 1.807) is 24.8 Å². The number of halogens is 1. The monoisotopic (exact) mass is 355 g/mol. The quantitative estimate of drug-likeness (QED) is 0.509. The second-order valence-corrected chi connectivity index (χ2v) is 6.08. The summed E-state index contributed by atoms with van der Waals surface area (Å²) in [4.78, 5) is 12.5. The molecule has 0 fully saturated rings. The fourth-order valence-corrected chi connectivity index (χ4v) is 2.94.